The van der Waals surface area contributed by atoms with Gasteiger partial charge in [-0.05, 0) is 88.8 Å². The van der Waals surface area contributed by atoms with E-state index in [1.807, 2.05) is 49.4 Å². The summed E-state index contributed by atoms with van der Waals surface area (Å²) in [6.45, 7) is 47.8. The predicted octanol–water partition coefficient (Wildman–Crippen LogP) is 16.4. The molecule has 3 aromatic carbocycles. The van der Waals surface area contributed by atoms with Crippen LogP contribution in [-0.4, -0.2) is 103 Å². The number of aromatic nitrogens is 2. The van der Waals surface area contributed by atoms with Crippen molar-refractivity contribution in [3.63, 3.8) is 0 Å². The van der Waals surface area contributed by atoms with Crippen LogP contribution in [0.15, 0.2) is 169 Å². The number of benzene rings is 3. The van der Waals surface area contributed by atoms with Gasteiger partial charge in [0.2, 0.25) is 0 Å². The van der Waals surface area contributed by atoms with Crippen LogP contribution in [0.3, 0.4) is 0 Å². The molecule has 19 nitrogen and oxygen atoms in total. The van der Waals surface area contributed by atoms with Crippen LogP contribution in [0.25, 0.3) is 15.3 Å². The number of carbonyl (C=O) groups excluding carboxylic acids is 10. The maximum atomic E-state index is 12.3. The van der Waals surface area contributed by atoms with Gasteiger partial charge in [-0.1, -0.05) is 241 Å². The third-order valence-corrected chi connectivity index (χ3v) is 17.0. The predicted molar refractivity (Wildman–Crippen MR) is 394 cm³/mol. The molecule has 3 aliphatic rings. The number of halogens is 1. The number of anilines is 1. The first-order valence-corrected chi connectivity index (χ1v) is 34.6. The van der Waals surface area contributed by atoms with Gasteiger partial charge in [-0.15, -0.1) is 0 Å². The van der Waals surface area contributed by atoms with E-state index in [4.69, 9.17) is 24.7 Å². The van der Waals surface area contributed by atoms with Gasteiger partial charge in [-0.25, -0.2) is 14.7 Å². The van der Waals surface area contributed by atoms with Gasteiger partial charge in [0.15, 0.2) is 17.3 Å². The van der Waals surface area contributed by atoms with Crippen LogP contribution in [-0.2, 0) is 44.9 Å². The van der Waals surface area contributed by atoms with Crippen LogP contribution in [0.1, 0.15) is 215 Å². The highest BCUT2D eigenvalue weighted by molar-refractivity contribution is 6.34. The lowest BCUT2D eigenvalue weighted by Gasteiger charge is -2.29. The zero-order chi connectivity index (χ0) is 74.4. The number of amides is 8. The van der Waals surface area contributed by atoms with Crippen molar-refractivity contribution in [3.8, 4) is 0 Å². The Morgan fingerprint density at radius 1 is 0.530 bits per heavy atom. The summed E-state index contributed by atoms with van der Waals surface area (Å²) in [5, 5.41) is 5.74. The van der Waals surface area contributed by atoms with Crippen molar-refractivity contribution in [3.05, 3.63) is 225 Å². The molecular formula is C80H98ClN9O10. The molecular weight excluding hydrogens is 1280 g/mol. The minimum absolute atomic E-state index is 0.0198. The molecule has 4 heterocycles. The molecule has 0 saturated carbocycles. The number of ketones is 2. The monoisotopic (exact) mass is 1380 g/mol. The number of unbranched alkanes of at least 4 members (excludes halogenated alkanes) is 18. The lowest BCUT2D eigenvalue weighted by atomic mass is 9.99. The van der Waals surface area contributed by atoms with E-state index in [0.717, 1.165) is 53.0 Å². The Kier molecular flexibility index (Phi) is 37.6. The highest BCUT2D eigenvalue weighted by atomic mass is 35.5. The lowest BCUT2D eigenvalue weighted by Crippen LogP contribution is -2.46. The molecule has 20 heteroatoms. The summed E-state index contributed by atoms with van der Waals surface area (Å²) >= 11 is 5.82. The highest BCUT2D eigenvalue weighted by Gasteiger charge is 2.38. The number of Topliss-reactive ketones (excluding diaryl/α,β-unsaturated/α-hetero) is 2. The second kappa shape index (κ2) is 44.7. The van der Waals surface area contributed by atoms with Crippen molar-refractivity contribution in [1.82, 2.24) is 30.0 Å². The van der Waals surface area contributed by atoms with Gasteiger partial charge in [0.05, 0.1) is 47.1 Å². The molecule has 0 bridgehead atoms. The minimum Gasteiger partial charge on any atom is -0.352 e. The van der Waals surface area contributed by atoms with Crippen molar-refractivity contribution < 1.29 is 47.9 Å². The molecule has 0 atom stereocenters. The van der Waals surface area contributed by atoms with Crippen LogP contribution in [0.4, 0.5) is 5.69 Å². The maximum Gasteiger partial charge on any atom is 0.281 e. The average Bonchev–Trinajstić information content (AvgIpc) is 0.786. The van der Waals surface area contributed by atoms with E-state index in [-0.39, 0.29) is 86.6 Å². The number of carbonyl (C=O) groups is 10. The summed E-state index contributed by atoms with van der Waals surface area (Å²) in [5.74, 6) is -4.12. The molecule has 0 aliphatic carbocycles. The van der Waals surface area contributed by atoms with E-state index in [9.17, 15) is 47.9 Å². The molecule has 0 fully saturated rings. The van der Waals surface area contributed by atoms with Crippen LogP contribution >= 0.6 is 11.6 Å². The summed E-state index contributed by atoms with van der Waals surface area (Å²) in [5.41, 5.74) is 4.61. The summed E-state index contributed by atoms with van der Waals surface area (Å²) in [6, 6.07) is 23.0. The number of rotatable bonds is 31. The van der Waals surface area contributed by atoms with Crippen molar-refractivity contribution in [1.29, 1.82) is 0 Å². The molecule has 1 aromatic heterocycles. The van der Waals surface area contributed by atoms with E-state index in [2.05, 4.69) is 77.0 Å². The van der Waals surface area contributed by atoms with Crippen LogP contribution in [0.5, 0.6) is 0 Å². The number of aryl methyl sites for hydroxylation is 1. The van der Waals surface area contributed by atoms with E-state index >= 15 is 0 Å². The summed E-state index contributed by atoms with van der Waals surface area (Å²) < 4.78 is 0. The molecule has 0 unspecified atom stereocenters. The van der Waals surface area contributed by atoms with Crippen LogP contribution < -0.4 is 10.6 Å². The van der Waals surface area contributed by atoms with Gasteiger partial charge in [-0.3, -0.25) is 67.6 Å². The molecule has 0 saturated heterocycles. The van der Waals surface area contributed by atoms with Crippen molar-refractivity contribution in [2.24, 2.45) is 0 Å². The molecule has 100 heavy (non-hydrogen) atoms. The Hall–Kier alpha value is -10.1. The largest absolute Gasteiger partial charge is 0.352 e. The molecule has 530 valence electrons. The van der Waals surface area contributed by atoms with Gasteiger partial charge in [0.25, 0.3) is 58.7 Å². The minimum atomic E-state index is -0.547. The summed E-state index contributed by atoms with van der Waals surface area (Å²) in [4.78, 5) is 137. The van der Waals surface area contributed by atoms with E-state index in [1.165, 1.54) is 121 Å². The quantitative estimate of drug-likeness (QED) is 0.00910. The fourth-order valence-corrected chi connectivity index (χ4v) is 10.6. The number of hydrogen-bond acceptors (Lipinski definition) is 12. The molecule has 0 spiro atoms. The number of para-hydroxylation sites is 1. The second-order valence-electron chi connectivity index (χ2n) is 24.6. The lowest BCUT2D eigenvalue weighted by molar-refractivity contribution is -0.142. The first-order chi connectivity index (χ1) is 47.7. The van der Waals surface area contributed by atoms with Gasteiger partial charge in [0, 0.05) is 48.2 Å². The molecule has 8 amide bonds. The van der Waals surface area contributed by atoms with Crippen molar-refractivity contribution >= 4 is 81.7 Å². The smallest absolute Gasteiger partial charge is 0.281 e. The Morgan fingerprint density at radius 2 is 0.980 bits per heavy atom. The average molecular weight is 1380 g/mol. The SMILES string of the molecule is C=C(C(=O)NCCCCCCCCCCCC)C(=O)c1ccccc1C.C=C(C(C)=O)C(=O)Nc1ccccc1Cl.C=C1C(=O)N(C(C)C)C(=O)c2nccnc21.[C-]#[N+]C1=C(C)C(=C)C(=O)N(CCCCCCCCCCCC)C1=O.[C-]#[N+]C1=C(C)C(=C)C(=O)N(Cc2ccccc2)C1=O. The molecule has 4 aromatic rings. The third-order valence-electron chi connectivity index (χ3n) is 16.6. The first-order valence-electron chi connectivity index (χ1n) is 34.3. The van der Waals surface area contributed by atoms with E-state index < -0.39 is 35.4 Å². The fourth-order valence-electron chi connectivity index (χ4n) is 10.4. The van der Waals surface area contributed by atoms with Gasteiger partial charge < -0.3 is 10.6 Å². The van der Waals surface area contributed by atoms with Crippen LogP contribution in [0.2, 0.25) is 5.02 Å². The van der Waals surface area contributed by atoms with Crippen molar-refractivity contribution in [2.75, 3.05) is 18.4 Å². The zero-order valence-corrected chi connectivity index (χ0v) is 60.4. The first kappa shape index (κ1) is 84.1. The summed E-state index contributed by atoms with van der Waals surface area (Å²) in [7, 11) is 0. The fraction of sp³-hybridized carbons (Fsp3) is 0.400. The third kappa shape index (κ3) is 26.0. The molecule has 3 aliphatic heterocycles. The second-order valence-corrected chi connectivity index (χ2v) is 25.0. The Labute approximate surface area is 596 Å². The molecule has 2 N–H and O–H groups in total. The van der Waals surface area contributed by atoms with Gasteiger partial charge >= 0.3 is 0 Å². The number of nitrogens with one attached hydrogen (secondary N) is 2. The van der Waals surface area contributed by atoms with Crippen LogP contribution in [0, 0.1) is 20.1 Å². The number of imide groups is 3. The summed E-state index contributed by atoms with van der Waals surface area (Å²) in [6.07, 6.45) is 27.5. The molecule has 0 radical (unpaired) electrons. The Morgan fingerprint density at radius 3 is 1.47 bits per heavy atom. The van der Waals surface area contributed by atoms with E-state index in [0.29, 0.717) is 40.5 Å². The Balaban J connectivity index is 0.000000330. The topological polar surface area (TPSA) is 239 Å². The zero-order valence-electron chi connectivity index (χ0n) is 59.6. The van der Waals surface area contributed by atoms with Crippen molar-refractivity contribution in [2.45, 2.75) is 196 Å². The van der Waals surface area contributed by atoms with Gasteiger partial charge in [-0.2, -0.15) is 0 Å². The number of fused-ring (bicyclic) bond motifs is 1. The normalized spacial score (nSPS) is 13.3. The maximum absolute atomic E-state index is 12.3. The number of nitrogens with zero attached hydrogens (tertiary/aromatic N) is 7. The Bertz CT molecular complexity index is 3810. The molecule has 7 rings (SSSR count). The standard InChI is InChI=1S/C23H35NO2.C20H30N2O2.C15H12N2O2.C11H10ClNO2.C11H11N3O2/c1-4-5-6-7-8-9-10-11-12-15-18-24-23(26)20(3)22(25)21-17-14-13-16-19(21)2;1-5-6-7-8-9-10-11-12-13-14-15-22-19(23)17(3)16(2)18(21-4)20(22)24;1-10-11(2)14(18)17(15(19)13(10)16-3)9-12-7-5-4-6-8-12;1-7(8(2)14)11(15)13-10-6-4-3-5-9(10)12;1-6(2)14-10(15)7(3)8-9(11(14)16)13-5-4-12-8/h13-14,16-17H,3-12,15,18H2,1-2H3,(H,24,26);3,5-15H2,1-2H3;4-8H,2,9H2,1H3;3-6H,1H2,2H3,(H,13,15);4-6H,3H2,1-2H3. The number of hydrogen-bond donors (Lipinski definition) is 2. The highest BCUT2D eigenvalue weighted by Crippen LogP contribution is 2.29. The van der Waals surface area contributed by atoms with Gasteiger partial charge in [0.1, 0.15) is 5.69 Å². The van der Waals surface area contributed by atoms with E-state index in [1.54, 1.807) is 64.1 Å².